The van der Waals surface area contributed by atoms with Crippen LogP contribution in [0.4, 0.5) is 0 Å². The number of aryl methyl sites for hydroxylation is 1. The second-order valence-corrected chi connectivity index (χ2v) is 5.60. The quantitative estimate of drug-likeness (QED) is 0.342. The summed E-state index contributed by atoms with van der Waals surface area (Å²) in [5, 5.41) is 23.9. The molecule has 0 spiro atoms. The summed E-state index contributed by atoms with van der Waals surface area (Å²) in [5.74, 6) is 2.86. The number of guanidine groups is 1. The highest BCUT2D eigenvalue weighted by molar-refractivity contribution is 5.79. The van der Waals surface area contributed by atoms with Gasteiger partial charge in [0.1, 0.15) is 12.4 Å². The van der Waals surface area contributed by atoms with Crippen molar-refractivity contribution < 1.29 is 5.11 Å². The van der Waals surface area contributed by atoms with Crippen molar-refractivity contribution in [2.45, 2.75) is 39.7 Å². The van der Waals surface area contributed by atoms with Crippen LogP contribution in [0.3, 0.4) is 0 Å². The first-order valence-electron chi connectivity index (χ1n) is 8.21. The molecule has 130 valence electrons. The lowest BCUT2D eigenvalue weighted by atomic mass is 10.0. The standard InChI is InChI=1S/C16H30N6O/c1-5-7-14(8-10-23)11-18-16(17-9-6-2)19-12-15-21-20-13(3)22(15)4/h6,14,23H,2,5,7-12H2,1,3-4H3,(H2,17,18,19). The fraction of sp³-hybridized carbons (Fsp3) is 0.688. The molecule has 0 fully saturated rings. The molecule has 1 atom stereocenters. The largest absolute Gasteiger partial charge is 0.396 e. The molecule has 7 heteroatoms. The van der Waals surface area contributed by atoms with Crippen LogP contribution in [-0.2, 0) is 13.6 Å². The Morgan fingerprint density at radius 2 is 2.17 bits per heavy atom. The molecule has 1 heterocycles. The summed E-state index contributed by atoms with van der Waals surface area (Å²) in [5.41, 5.74) is 0. The van der Waals surface area contributed by atoms with Gasteiger partial charge >= 0.3 is 0 Å². The van der Waals surface area contributed by atoms with E-state index in [2.05, 4.69) is 39.3 Å². The molecule has 1 aromatic rings. The molecule has 0 bridgehead atoms. The van der Waals surface area contributed by atoms with Crippen LogP contribution in [-0.4, -0.2) is 45.5 Å². The van der Waals surface area contributed by atoms with Gasteiger partial charge in [-0.2, -0.15) is 0 Å². The average Bonchev–Trinajstić information content (AvgIpc) is 2.86. The second-order valence-electron chi connectivity index (χ2n) is 5.60. The van der Waals surface area contributed by atoms with Gasteiger partial charge in [-0.1, -0.05) is 19.4 Å². The van der Waals surface area contributed by atoms with Crippen LogP contribution >= 0.6 is 0 Å². The van der Waals surface area contributed by atoms with Crippen LogP contribution in [0.5, 0.6) is 0 Å². The molecule has 23 heavy (non-hydrogen) atoms. The van der Waals surface area contributed by atoms with Crippen molar-refractivity contribution in [2.75, 3.05) is 19.7 Å². The Labute approximate surface area is 138 Å². The highest BCUT2D eigenvalue weighted by Crippen LogP contribution is 2.09. The third-order valence-electron chi connectivity index (χ3n) is 3.77. The maximum atomic E-state index is 9.15. The van der Waals surface area contributed by atoms with E-state index >= 15 is 0 Å². The monoisotopic (exact) mass is 322 g/mol. The number of aromatic nitrogens is 3. The summed E-state index contributed by atoms with van der Waals surface area (Å²) in [7, 11) is 1.93. The molecule has 0 saturated heterocycles. The van der Waals surface area contributed by atoms with Crippen LogP contribution in [0.2, 0.25) is 0 Å². The maximum Gasteiger partial charge on any atom is 0.191 e. The Balaban J connectivity index is 2.64. The van der Waals surface area contributed by atoms with Crippen LogP contribution < -0.4 is 10.6 Å². The van der Waals surface area contributed by atoms with Gasteiger partial charge in [-0.25, -0.2) is 4.99 Å². The molecule has 0 aliphatic heterocycles. The van der Waals surface area contributed by atoms with Crippen molar-refractivity contribution >= 4 is 5.96 Å². The molecule has 0 amide bonds. The molecule has 0 aliphatic carbocycles. The summed E-state index contributed by atoms with van der Waals surface area (Å²) in [6.07, 6.45) is 4.79. The number of aliphatic imine (C=N–C) groups is 1. The Bertz CT molecular complexity index is 491. The number of rotatable bonds is 10. The summed E-state index contributed by atoms with van der Waals surface area (Å²) >= 11 is 0. The van der Waals surface area contributed by atoms with E-state index in [1.165, 1.54) is 0 Å². The van der Waals surface area contributed by atoms with Gasteiger partial charge in [0.2, 0.25) is 0 Å². The average molecular weight is 322 g/mol. The van der Waals surface area contributed by atoms with Gasteiger partial charge in [0.05, 0.1) is 0 Å². The minimum Gasteiger partial charge on any atom is -0.396 e. The van der Waals surface area contributed by atoms with Crippen LogP contribution in [0.15, 0.2) is 17.6 Å². The van der Waals surface area contributed by atoms with Gasteiger partial charge in [-0.15, -0.1) is 16.8 Å². The molecule has 0 aromatic carbocycles. The smallest absolute Gasteiger partial charge is 0.191 e. The molecule has 0 radical (unpaired) electrons. The van der Waals surface area contributed by atoms with E-state index in [0.29, 0.717) is 19.0 Å². The molecular weight excluding hydrogens is 292 g/mol. The van der Waals surface area contributed by atoms with Crippen molar-refractivity contribution in [2.24, 2.45) is 18.0 Å². The van der Waals surface area contributed by atoms with Crippen LogP contribution in [0.25, 0.3) is 0 Å². The predicted molar refractivity (Wildman–Crippen MR) is 93.2 cm³/mol. The number of nitrogens with zero attached hydrogens (tertiary/aromatic N) is 4. The zero-order chi connectivity index (χ0) is 17.1. The molecule has 0 saturated carbocycles. The molecule has 1 unspecified atom stereocenters. The normalized spacial score (nSPS) is 13.0. The summed E-state index contributed by atoms with van der Waals surface area (Å²) in [4.78, 5) is 4.56. The summed E-state index contributed by atoms with van der Waals surface area (Å²) in [6, 6.07) is 0. The van der Waals surface area contributed by atoms with E-state index < -0.39 is 0 Å². The van der Waals surface area contributed by atoms with Gasteiger partial charge < -0.3 is 20.3 Å². The second kappa shape index (κ2) is 10.8. The Morgan fingerprint density at radius 1 is 1.39 bits per heavy atom. The number of hydrogen-bond acceptors (Lipinski definition) is 4. The van der Waals surface area contributed by atoms with Gasteiger partial charge in [-0.05, 0) is 25.7 Å². The fourth-order valence-corrected chi connectivity index (χ4v) is 2.26. The fourth-order valence-electron chi connectivity index (χ4n) is 2.26. The number of nitrogens with one attached hydrogen (secondary N) is 2. The van der Waals surface area contributed by atoms with Gasteiger partial charge in [0.15, 0.2) is 11.8 Å². The first kappa shape index (κ1) is 19.2. The lowest BCUT2D eigenvalue weighted by Gasteiger charge is -2.18. The summed E-state index contributed by atoms with van der Waals surface area (Å²) < 4.78 is 1.93. The van der Waals surface area contributed by atoms with E-state index in [1.807, 2.05) is 18.5 Å². The van der Waals surface area contributed by atoms with Crippen LogP contribution in [0, 0.1) is 12.8 Å². The van der Waals surface area contributed by atoms with Crippen molar-refractivity contribution in [3.8, 4) is 0 Å². The van der Waals surface area contributed by atoms with Gasteiger partial charge in [-0.3, -0.25) is 0 Å². The topological polar surface area (TPSA) is 87.4 Å². The predicted octanol–water partition coefficient (Wildman–Crippen LogP) is 1.14. The highest BCUT2D eigenvalue weighted by atomic mass is 16.3. The maximum absolute atomic E-state index is 9.15. The first-order chi connectivity index (χ1) is 11.1. The molecule has 3 N–H and O–H groups in total. The third-order valence-corrected chi connectivity index (χ3v) is 3.77. The molecular formula is C16H30N6O. The molecule has 1 aromatic heterocycles. The minimum absolute atomic E-state index is 0.219. The minimum atomic E-state index is 0.219. The van der Waals surface area contributed by atoms with Crippen molar-refractivity contribution in [3.05, 3.63) is 24.3 Å². The molecule has 0 aliphatic rings. The Hall–Kier alpha value is -1.89. The zero-order valence-corrected chi connectivity index (χ0v) is 14.5. The van der Waals surface area contributed by atoms with Gasteiger partial charge in [0.25, 0.3) is 0 Å². The van der Waals surface area contributed by atoms with Crippen molar-refractivity contribution in [1.29, 1.82) is 0 Å². The highest BCUT2D eigenvalue weighted by Gasteiger charge is 2.09. The zero-order valence-electron chi connectivity index (χ0n) is 14.5. The lowest BCUT2D eigenvalue weighted by Crippen LogP contribution is -2.40. The van der Waals surface area contributed by atoms with Gasteiger partial charge in [0, 0.05) is 26.7 Å². The Kier molecular flexibility index (Phi) is 8.97. The SMILES string of the molecule is C=CCNC(=NCc1nnc(C)n1C)NCC(CCC)CCO. The van der Waals surface area contributed by atoms with Crippen LogP contribution in [0.1, 0.15) is 37.8 Å². The molecule has 7 nitrogen and oxygen atoms in total. The third kappa shape index (κ3) is 6.81. The van der Waals surface area contributed by atoms with E-state index in [1.54, 1.807) is 6.08 Å². The number of hydrogen-bond donors (Lipinski definition) is 3. The van der Waals surface area contributed by atoms with E-state index in [0.717, 1.165) is 43.4 Å². The van der Waals surface area contributed by atoms with E-state index in [4.69, 9.17) is 5.11 Å². The molecule has 1 rings (SSSR count). The van der Waals surface area contributed by atoms with Crippen molar-refractivity contribution in [1.82, 2.24) is 25.4 Å². The van der Waals surface area contributed by atoms with E-state index in [-0.39, 0.29) is 6.61 Å². The lowest BCUT2D eigenvalue weighted by molar-refractivity contribution is 0.251. The Morgan fingerprint density at radius 3 is 2.74 bits per heavy atom. The first-order valence-corrected chi connectivity index (χ1v) is 8.21. The number of aliphatic hydroxyl groups is 1. The van der Waals surface area contributed by atoms with E-state index in [9.17, 15) is 0 Å². The van der Waals surface area contributed by atoms with Crippen molar-refractivity contribution in [3.63, 3.8) is 0 Å². The number of aliphatic hydroxyl groups excluding tert-OH is 1. The summed E-state index contributed by atoms with van der Waals surface area (Å²) in [6.45, 7) is 9.90.